The number of primary amides is 1. The van der Waals surface area contributed by atoms with Crippen LogP contribution in [0.4, 0.5) is 4.79 Å². The van der Waals surface area contributed by atoms with Gasteiger partial charge < -0.3 is 20.8 Å². The number of hydrogen-bond acceptors (Lipinski definition) is 5. The SMILES string of the molecule is C=CCOC(N)=O.CC(C)C[C@H](NO)C(=O)O. The van der Waals surface area contributed by atoms with Gasteiger partial charge in [-0.3, -0.25) is 4.79 Å². The predicted octanol–water partition coefficient (Wildman–Crippen LogP) is 0.732. The summed E-state index contributed by atoms with van der Waals surface area (Å²) in [4.78, 5) is 20.0. The molecule has 0 rings (SSSR count). The summed E-state index contributed by atoms with van der Waals surface area (Å²) in [6.45, 7) is 7.28. The molecule has 5 N–H and O–H groups in total. The fourth-order valence-corrected chi connectivity index (χ4v) is 0.821. The standard InChI is InChI=1S/C6H13NO3.C4H7NO2/c1-4(2)3-5(7-10)6(8)9;1-2-3-7-4(5)6/h4-5,7,10H,3H2,1-2H3,(H,8,9);2H,1,3H2,(H2,5,6)/t5-;/m0./s1. The first-order valence-corrected chi connectivity index (χ1v) is 5.00. The average molecular weight is 248 g/mol. The molecule has 0 bridgehead atoms. The number of nitrogens with one attached hydrogen (secondary N) is 1. The predicted molar refractivity (Wildman–Crippen MR) is 61.5 cm³/mol. The van der Waals surface area contributed by atoms with Crippen LogP contribution >= 0.6 is 0 Å². The number of rotatable bonds is 6. The van der Waals surface area contributed by atoms with Crippen LogP contribution in [-0.4, -0.2) is 35.0 Å². The van der Waals surface area contributed by atoms with E-state index >= 15 is 0 Å². The molecule has 0 fully saturated rings. The molecule has 0 aliphatic rings. The number of hydrogen-bond donors (Lipinski definition) is 4. The lowest BCUT2D eigenvalue weighted by Gasteiger charge is -2.11. The number of amides is 1. The number of carbonyl (C=O) groups excluding carboxylic acids is 1. The van der Waals surface area contributed by atoms with Crippen LogP contribution in [-0.2, 0) is 9.53 Å². The van der Waals surface area contributed by atoms with E-state index in [1.54, 1.807) is 5.48 Å². The van der Waals surface area contributed by atoms with Crippen molar-refractivity contribution < 1.29 is 24.6 Å². The maximum atomic E-state index is 10.2. The van der Waals surface area contributed by atoms with Crippen molar-refractivity contribution in [2.24, 2.45) is 11.7 Å². The van der Waals surface area contributed by atoms with Gasteiger partial charge in [0.05, 0.1) is 0 Å². The Kier molecular flexibility index (Phi) is 11.4. The first-order valence-electron chi connectivity index (χ1n) is 5.00. The van der Waals surface area contributed by atoms with Gasteiger partial charge in [0.1, 0.15) is 12.6 Å². The Balaban J connectivity index is 0. The van der Waals surface area contributed by atoms with Crippen LogP contribution in [0.25, 0.3) is 0 Å². The highest BCUT2D eigenvalue weighted by Crippen LogP contribution is 2.03. The summed E-state index contributed by atoms with van der Waals surface area (Å²) in [5, 5.41) is 16.7. The second-order valence-electron chi connectivity index (χ2n) is 3.57. The lowest BCUT2D eigenvalue weighted by atomic mass is 10.1. The van der Waals surface area contributed by atoms with Gasteiger partial charge in [-0.1, -0.05) is 26.5 Å². The summed E-state index contributed by atoms with van der Waals surface area (Å²) in [5.41, 5.74) is 6.30. The van der Waals surface area contributed by atoms with Crippen molar-refractivity contribution in [2.45, 2.75) is 26.3 Å². The van der Waals surface area contributed by atoms with E-state index in [-0.39, 0.29) is 12.5 Å². The zero-order chi connectivity index (χ0) is 13.8. The van der Waals surface area contributed by atoms with Gasteiger partial charge >= 0.3 is 12.1 Å². The number of carboxylic acids is 1. The molecule has 0 saturated heterocycles. The molecular weight excluding hydrogens is 228 g/mol. The van der Waals surface area contributed by atoms with Crippen LogP contribution in [0, 0.1) is 5.92 Å². The van der Waals surface area contributed by atoms with E-state index in [2.05, 4.69) is 17.0 Å². The number of carbonyl (C=O) groups is 2. The summed E-state index contributed by atoms with van der Waals surface area (Å²) < 4.78 is 4.21. The molecule has 0 spiro atoms. The lowest BCUT2D eigenvalue weighted by molar-refractivity contribution is -0.142. The Bertz CT molecular complexity index is 243. The number of nitrogens with two attached hydrogens (primary N) is 1. The molecule has 0 heterocycles. The maximum absolute atomic E-state index is 10.2. The third kappa shape index (κ3) is 14.4. The van der Waals surface area contributed by atoms with Crippen LogP contribution in [0.3, 0.4) is 0 Å². The minimum Gasteiger partial charge on any atom is -0.480 e. The zero-order valence-corrected chi connectivity index (χ0v) is 10.0. The molecule has 0 aromatic rings. The molecule has 0 unspecified atom stereocenters. The van der Waals surface area contributed by atoms with Crippen LogP contribution in [0.15, 0.2) is 12.7 Å². The lowest BCUT2D eigenvalue weighted by Crippen LogP contribution is -2.35. The van der Waals surface area contributed by atoms with E-state index in [0.717, 1.165) is 0 Å². The molecule has 7 heteroatoms. The normalized spacial score (nSPS) is 11.1. The second kappa shape index (κ2) is 10.9. The Morgan fingerprint density at radius 3 is 2.18 bits per heavy atom. The van der Waals surface area contributed by atoms with Crippen LogP contribution in [0.2, 0.25) is 0 Å². The number of carboxylic acid groups (broad SMARTS) is 1. The Morgan fingerprint density at radius 1 is 1.53 bits per heavy atom. The van der Waals surface area contributed by atoms with Gasteiger partial charge in [-0.15, -0.1) is 0 Å². The fourth-order valence-electron chi connectivity index (χ4n) is 0.821. The molecular formula is C10H20N2O5. The van der Waals surface area contributed by atoms with Crippen LogP contribution in [0.1, 0.15) is 20.3 Å². The summed E-state index contributed by atoms with van der Waals surface area (Å²) in [7, 11) is 0. The molecule has 17 heavy (non-hydrogen) atoms. The minimum atomic E-state index is -1.02. The molecule has 0 saturated carbocycles. The van der Waals surface area contributed by atoms with Crippen molar-refractivity contribution in [2.75, 3.05) is 6.61 Å². The third-order valence-electron chi connectivity index (χ3n) is 1.50. The molecule has 0 aliphatic heterocycles. The van der Waals surface area contributed by atoms with Gasteiger partial charge in [0.2, 0.25) is 0 Å². The monoisotopic (exact) mass is 248 g/mol. The van der Waals surface area contributed by atoms with Crippen molar-refractivity contribution >= 4 is 12.1 Å². The summed E-state index contributed by atoms with van der Waals surface area (Å²) in [5.74, 6) is -0.753. The van der Waals surface area contributed by atoms with E-state index in [4.69, 9.17) is 10.3 Å². The van der Waals surface area contributed by atoms with Crippen LogP contribution < -0.4 is 11.2 Å². The highest BCUT2D eigenvalue weighted by molar-refractivity contribution is 5.73. The van der Waals surface area contributed by atoms with Crippen molar-refractivity contribution in [3.8, 4) is 0 Å². The van der Waals surface area contributed by atoms with E-state index in [9.17, 15) is 9.59 Å². The number of hydroxylamine groups is 1. The third-order valence-corrected chi connectivity index (χ3v) is 1.50. The number of ether oxygens (including phenoxy) is 1. The van der Waals surface area contributed by atoms with Crippen LogP contribution in [0.5, 0.6) is 0 Å². The van der Waals surface area contributed by atoms with Crippen molar-refractivity contribution in [3.05, 3.63) is 12.7 Å². The highest BCUT2D eigenvalue weighted by Gasteiger charge is 2.16. The van der Waals surface area contributed by atoms with E-state index in [1.807, 2.05) is 13.8 Å². The van der Waals surface area contributed by atoms with Crippen molar-refractivity contribution in [3.63, 3.8) is 0 Å². The van der Waals surface area contributed by atoms with Crippen molar-refractivity contribution in [1.29, 1.82) is 0 Å². The first kappa shape index (κ1) is 17.8. The highest BCUT2D eigenvalue weighted by atomic mass is 16.5. The summed E-state index contributed by atoms with van der Waals surface area (Å²) in [6, 6.07) is -0.833. The largest absolute Gasteiger partial charge is 0.480 e. The van der Waals surface area contributed by atoms with Gasteiger partial charge in [-0.2, -0.15) is 5.48 Å². The summed E-state index contributed by atoms with van der Waals surface area (Å²) in [6.07, 6.45) is 1.12. The van der Waals surface area contributed by atoms with E-state index in [0.29, 0.717) is 6.42 Å². The molecule has 7 nitrogen and oxygen atoms in total. The first-order chi connectivity index (χ1) is 7.84. The molecule has 1 amide bonds. The van der Waals surface area contributed by atoms with Gasteiger partial charge in [0.25, 0.3) is 0 Å². The van der Waals surface area contributed by atoms with E-state index < -0.39 is 18.1 Å². The molecule has 0 radical (unpaired) electrons. The fraction of sp³-hybridized carbons (Fsp3) is 0.600. The van der Waals surface area contributed by atoms with Gasteiger partial charge in [0.15, 0.2) is 0 Å². The van der Waals surface area contributed by atoms with Gasteiger partial charge in [-0.25, -0.2) is 4.79 Å². The topological polar surface area (TPSA) is 122 Å². The minimum absolute atomic E-state index is 0.190. The van der Waals surface area contributed by atoms with Gasteiger partial charge in [0, 0.05) is 0 Å². The molecule has 0 aliphatic carbocycles. The molecule has 0 aromatic heterocycles. The zero-order valence-electron chi connectivity index (χ0n) is 10.0. The second-order valence-corrected chi connectivity index (χ2v) is 3.57. The Labute approximate surface area is 100 Å². The Hall–Kier alpha value is -1.60. The molecule has 1 atom stereocenters. The maximum Gasteiger partial charge on any atom is 0.404 e. The number of aliphatic carboxylic acids is 1. The average Bonchev–Trinajstić information content (AvgIpc) is 2.23. The van der Waals surface area contributed by atoms with E-state index in [1.165, 1.54) is 6.08 Å². The summed E-state index contributed by atoms with van der Waals surface area (Å²) >= 11 is 0. The molecule has 0 aromatic carbocycles. The quantitative estimate of drug-likeness (QED) is 0.406. The smallest absolute Gasteiger partial charge is 0.404 e. The Morgan fingerprint density at radius 2 is 2.06 bits per heavy atom. The van der Waals surface area contributed by atoms with Crippen molar-refractivity contribution in [1.82, 2.24) is 5.48 Å². The van der Waals surface area contributed by atoms with Gasteiger partial charge in [-0.05, 0) is 12.3 Å². The molecule has 100 valence electrons.